The molecule has 0 radical (unpaired) electrons. The summed E-state index contributed by atoms with van der Waals surface area (Å²) in [6.07, 6.45) is 3.95. The van der Waals surface area contributed by atoms with Crippen LogP contribution in [0.5, 0.6) is 0 Å². The van der Waals surface area contributed by atoms with Gasteiger partial charge in [-0.3, -0.25) is 0 Å². The number of aliphatic hydroxyl groups excluding tert-OH is 1. The molecule has 2 unspecified atom stereocenters. The van der Waals surface area contributed by atoms with Gasteiger partial charge in [0.15, 0.2) is 0 Å². The van der Waals surface area contributed by atoms with Gasteiger partial charge in [0.25, 0.3) is 0 Å². The molecule has 0 fully saturated rings. The monoisotopic (exact) mass is 266 g/mol. The quantitative estimate of drug-likeness (QED) is 0.674. The van der Waals surface area contributed by atoms with Crippen LogP contribution in [0.2, 0.25) is 0 Å². The highest BCUT2D eigenvalue weighted by molar-refractivity contribution is 5.57. The van der Waals surface area contributed by atoms with E-state index in [0.717, 1.165) is 36.6 Å². The van der Waals surface area contributed by atoms with Crippen molar-refractivity contribution < 1.29 is 5.11 Å². The van der Waals surface area contributed by atoms with Crippen LogP contribution in [0.25, 0.3) is 0 Å². The summed E-state index contributed by atoms with van der Waals surface area (Å²) in [7, 11) is 0. The van der Waals surface area contributed by atoms with E-state index in [1.165, 1.54) is 0 Å². The van der Waals surface area contributed by atoms with Crippen LogP contribution >= 0.6 is 0 Å². The van der Waals surface area contributed by atoms with E-state index in [4.69, 9.17) is 0 Å². The van der Waals surface area contributed by atoms with E-state index in [2.05, 4.69) is 41.4 Å². The zero-order valence-corrected chi connectivity index (χ0v) is 12.4. The molecule has 1 heterocycles. The Balaban J connectivity index is 2.88. The Kier molecular flexibility index (Phi) is 6.56. The van der Waals surface area contributed by atoms with Gasteiger partial charge in [-0.15, -0.1) is 0 Å². The molecular weight excluding hydrogens is 240 g/mol. The van der Waals surface area contributed by atoms with E-state index in [-0.39, 0.29) is 12.1 Å². The highest BCUT2D eigenvalue weighted by atomic mass is 16.3. The van der Waals surface area contributed by atoms with Crippen LogP contribution in [-0.2, 0) is 6.42 Å². The summed E-state index contributed by atoms with van der Waals surface area (Å²) in [5.74, 6) is 1.78. The minimum atomic E-state index is -0.313. The Bertz CT molecular complexity index is 382. The van der Waals surface area contributed by atoms with Crippen LogP contribution in [0.4, 0.5) is 11.6 Å². The van der Waals surface area contributed by atoms with Gasteiger partial charge >= 0.3 is 0 Å². The summed E-state index contributed by atoms with van der Waals surface area (Å²) in [6, 6.07) is 0.181. The lowest BCUT2D eigenvalue weighted by molar-refractivity contribution is 0.179. The highest BCUT2D eigenvalue weighted by Gasteiger charge is 2.13. The number of aliphatic hydroxyl groups is 1. The molecule has 1 aromatic rings. The zero-order chi connectivity index (χ0) is 14.3. The number of aromatic nitrogens is 2. The van der Waals surface area contributed by atoms with Crippen molar-refractivity contribution in [1.29, 1.82) is 0 Å². The van der Waals surface area contributed by atoms with Crippen molar-refractivity contribution in [1.82, 2.24) is 9.97 Å². The van der Waals surface area contributed by atoms with Crippen LogP contribution in [0.15, 0.2) is 6.33 Å². The predicted molar refractivity (Wildman–Crippen MR) is 79.6 cm³/mol. The maximum absolute atomic E-state index is 9.43. The van der Waals surface area contributed by atoms with E-state index in [1.54, 1.807) is 13.3 Å². The molecule has 0 amide bonds. The Labute approximate surface area is 115 Å². The fraction of sp³-hybridized carbons (Fsp3) is 0.714. The first-order chi connectivity index (χ1) is 9.08. The van der Waals surface area contributed by atoms with E-state index < -0.39 is 0 Å². The molecule has 0 saturated carbocycles. The number of anilines is 2. The van der Waals surface area contributed by atoms with Gasteiger partial charge in [-0.25, -0.2) is 9.97 Å². The summed E-state index contributed by atoms with van der Waals surface area (Å²) < 4.78 is 0. The van der Waals surface area contributed by atoms with Gasteiger partial charge in [-0.1, -0.05) is 13.3 Å². The van der Waals surface area contributed by atoms with E-state index in [0.29, 0.717) is 6.42 Å². The van der Waals surface area contributed by atoms with Gasteiger partial charge in [0.1, 0.15) is 18.0 Å². The van der Waals surface area contributed by atoms with Crippen molar-refractivity contribution in [3.05, 3.63) is 11.9 Å². The van der Waals surface area contributed by atoms with E-state index >= 15 is 0 Å². The normalized spacial score (nSPS) is 13.9. The van der Waals surface area contributed by atoms with Gasteiger partial charge < -0.3 is 15.7 Å². The van der Waals surface area contributed by atoms with Crippen LogP contribution in [0.1, 0.15) is 46.1 Å². The SMILES string of the molecule is CCCc1c(NCC)ncnc1NC(C)CC(C)O. The molecule has 5 heteroatoms. The molecule has 2 atom stereocenters. The molecule has 19 heavy (non-hydrogen) atoms. The van der Waals surface area contributed by atoms with Crippen molar-refractivity contribution in [3.63, 3.8) is 0 Å². The van der Waals surface area contributed by atoms with Crippen molar-refractivity contribution in [2.75, 3.05) is 17.2 Å². The summed E-state index contributed by atoms with van der Waals surface area (Å²) in [5, 5.41) is 16.1. The Morgan fingerprint density at radius 1 is 1.21 bits per heavy atom. The molecule has 1 aromatic heterocycles. The van der Waals surface area contributed by atoms with Gasteiger partial charge in [0.2, 0.25) is 0 Å². The summed E-state index contributed by atoms with van der Waals surface area (Å²) in [6.45, 7) is 8.90. The Hall–Kier alpha value is -1.36. The lowest BCUT2D eigenvalue weighted by Gasteiger charge is -2.19. The Morgan fingerprint density at radius 2 is 1.89 bits per heavy atom. The third-order valence-corrected chi connectivity index (χ3v) is 2.87. The van der Waals surface area contributed by atoms with Crippen molar-refractivity contribution in [2.45, 2.75) is 59.1 Å². The van der Waals surface area contributed by atoms with Crippen molar-refractivity contribution in [3.8, 4) is 0 Å². The smallest absolute Gasteiger partial charge is 0.134 e. The van der Waals surface area contributed by atoms with Crippen molar-refractivity contribution >= 4 is 11.6 Å². The second kappa shape index (κ2) is 7.94. The lowest BCUT2D eigenvalue weighted by atomic mass is 10.1. The maximum Gasteiger partial charge on any atom is 0.134 e. The second-order valence-corrected chi connectivity index (χ2v) is 4.96. The first-order valence-corrected chi connectivity index (χ1v) is 7.10. The number of hydrogen-bond acceptors (Lipinski definition) is 5. The molecule has 108 valence electrons. The maximum atomic E-state index is 9.43. The number of nitrogens with zero attached hydrogens (tertiary/aromatic N) is 2. The third-order valence-electron chi connectivity index (χ3n) is 2.87. The molecule has 0 aliphatic heterocycles. The van der Waals surface area contributed by atoms with E-state index in [1.807, 2.05) is 0 Å². The zero-order valence-electron chi connectivity index (χ0n) is 12.4. The summed E-state index contributed by atoms with van der Waals surface area (Å²) >= 11 is 0. The molecule has 0 aromatic carbocycles. The number of rotatable bonds is 8. The standard InChI is InChI=1S/C14H26N4O/c1-5-7-12-13(15-6-2)16-9-17-14(12)18-10(3)8-11(4)19/h9-11,19H,5-8H2,1-4H3,(H2,15,16,17,18). The van der Waals surface area contributed by atoms with Crippen LogP contribution in [-0.4, -0.2) is 33.8 Å². The van der Waals surface area contributed by atoms with Gasteiger partial charge in [-0.05, 0) is 33.6 Å². The Morgan fingerprint density at radius 3 is 2.47 bits per heavy atom. The average molecular weight is 266 g/mol. The summed E-state index contributed by atoms with van der Waals surface area (Å²) in [5.41, 5.74) is 1.13. The second-order valence-electron chi connectivity index (χ2n) is 4.96. The minimum absolute atomic E-state index is 0.181. The van der Waals surface area contributed by atoms with Crippen molar-refractivity contribution in [2.24, 2.45) is 0 Å². The van der Waals surface area contributed by atoms with Crippen LogP contribution in [0.3, 0.4) is 0 Å². The lowest BCUT2D eigenvalue weighted by Crippen LogP contribution is -2.22. The fourth-order valence-corrected chi connectivity index (χ4v) is 2.15. The summed E-state index contributed by atoms with van der Waals surface area (Å²) in [4.78, 5) is 8.65. The molecular formula is C14H26N4O. The third kappa shape index (κ3) is 5.03. The number of hydrogen-bond donors (Lipinski definition) is 3. The minimum Gasteiger partial charge on any atom is -0.393 e. The molecule has 0 aliphatic rings. The molecule has 0 bridgehead atoms. The molecule has 0 spiro atoms. The molecule has 0 aliphatic carbocycles. The molecule has 5 nitrogen and oxygen atoms in total. The highest BCUT2D eigenvalue weighted by Crippen LogP contribution is 2.22. The average Bonchev–Trinajstić information content (AvgIpc) is 2.32. The van der Waals surface area contributed by atoms with E-state index in [9.17, 15) is 5.11 Å². The fourth-order valence-electron chi connectivity index (χ4n) is 2.15. The molecule has 1 rings (SSSR count). The largest absolute Gasteiger partial charge is 0.393 e. The molecule has 0 saturated heterocycles. The first-order valence-electron chi connectivity index (χ1n) is 7.10. The topological polar surface area (TPSA) is 70.1 Å². The molecule has 3 N–H and O–H groups in total. The van der Waals surface area contributed by atoms with Crippen LogP contribution in [0, 0.1) is 0 Å². The predicted octanol–water partition coefficient (Wildman–Crippen LogP) is 2.43. The number of nitrogens with one attached hydrogen (secondary N) is 2. The van der Waals surface area contributed by atoms with Gasteiger partial charge in [0.05, 0.1) is 6.10 Å². The first kappa shape index (κ1) is 15.7. The van der Waals surface area contributed by atoms with Crippen LogP contribution < -0.4 is 10.6 Å². The van der Waals surface area contributed by atoms with Gasteiger partial charge in [0, 0.05) is 18.2 Å². The van der Waals surface area contributed by atoms with Gasteiger partial charge in [-0.2, -0.15) is 0 Å².